The van der Waals surface area contributed by atoms with E-state index in [0.717, 1.165) is 10.5 Å². The summed E-state index contributed by atoms with van der Waals surface area (Å²) in [7, 11) is -3.76. The minimum atomic E-state index is -3.76. The summed E-state index contributed by atoms with van der Waals surface area (Å²) in [4.78, 5) is 17.6. The van der Waals surface area contributed by atoms with Gasteiger partial charge in [0.1, 0.15) is 6.33 Å². The van der Waals surface area contributed by atoms with Crippen LogP contribution in [0.5, 0.6) is 0 Å². The molecule has 0 aliphatic rings. The Morgan fingerprint density at radius 3 is 2.34 bits per heavy atom. The number of nitrogens with one attached hydrogen (secondary N) is 3. The molecule has 0 radical (unpaired) electrons. The number of carbonyl (C=O) groups excluding carboxylic acids is 1. The maximum Gasteiger partial charge on any atom is 0.261 e. The lowest BCUT2D eigenvalue weighted by atomic mass is 10.2. The molecular formula is C22H19N5O3S2. The molecule has 1 amide bonds. The zero-order valence-electron chi connectivity index (χ0n) is 16.9. The third kappa shape index (κ3) is 5.16. The van der Waals surface area contributed by atoms with Gasteiger partial charge in [0.25, 0.3) is 15.9 Å². The number of rotatable bonds is 7. The molecule has 1 aromatic heterocycles. The van der Waals surface area contributed by atoms with Crippen LogP contribution in [0.3, 0.4) is 0 Å². The first kappa shape index (κ1) is 21.6. The maximum absolute atomic E-state index is 12.6. The first-order valence-electron chi connectivity index (χ1n) is 9.54. The molecule has 0 atom stereocenters. The van der Waals surface area contributed by atoms with E-state index in [2.05, 4.69) is 25.2 Å². The number of nitrogens with zero attached hydrogens (tertiary/aromatic N) is 2. The van der Waals surface area contributed by atoms with Gasteiger partial charge >= 0.3 is 0 Å². The van der Waals surface area contributed by atoms with E-state index in [0.29, 0.717) is 22.1 Å². The zero-order chi connectivity index (χ0) is 22.6. The molecule has 0 fully saturated rings. The number of benzene rings is 3. The van der Waals surface area contributed by atoms with Crippen molar-refractivity contribution in [2.75, 3.05) is 10.0 Å². The van der Waals surface area contributed by atoms with Crippen LogP contribution in [0.25, 0.3) is 0 Å². The first-order chi connectivity index (χ1) is 15.4. The van der Waals surface area contributed by atoms with Gasteiger partial charge in [0, 0.05) is 16.1 Å². The van der Waals surface area contributed by atoms with E-state index in [-0.39, 0.29) is 10.8 Å². The zero-order valence-corrected chi connectivity index (χ0v) is 18.6. The number of para-hydroxylation sites is 1. The van der Waals surface area contributed by atoms with E-state index in [1.165, 1.54) is 42.4 Å². The SMILES string of the molecule is Cc1ccccc1NS(=O)(=O)c1ccc(C(=O)Nc2ccc(Sc3ncn[nH]3)cc2)cc1. The van der Waals surface area contributed by atoms with Crippen LogP contribution in [0.1, 0.15) is 15.9 Å². The highest BCUT2D eigenvalue weighted by atomic mass is 32.2. The maximum atomic E-state index is 12.6. The Morgan fingerprint density at radius 2 is 1.69 bits per heavy atom. The molecule has 0 aliphatic heterocycles. The Labute approximate surface area is 189 Å². The summed E-state index contributed by atoms with van der Waals surface area (Å²) in [6.07, 6.45) is 1.44. The van der Waals surface area contributed by atoms with Gasteiger partial charge in [0.05, 0.1) is 10.6 Å². The van der Waals surface area contributed by atoms with Gasteiger partial charge in [-0.3, -0.25) is 14.6 Å². The topological polar surface area (TPSA) is 117 Å². The Hall–Kier alpha value is -3.63. The van der Waals surface area contributed by atoms with Gasteiger partial charge in [0.15, 0.2) is 5.16 Å². The Morgan fingerprint density at radius 1 is 0.969 bits per heavy atom. The lowest BCUT2D eigenvalue weighted by Crippen LogP contribution is -2.15. The summed E-state index contributed by atoms with van der Waals surface area (Å²) >= 11 is 1.42. The van der Waals surface area contributed by atoms with Gasteiger partial charge in [-0.05, 0) is 67.1 Å². The number of hydrogen-bond acceptors (Lipinski definition) is 6. The highest BCUT2D eigenvalue weighted by molar-refractivity contribution is 7.99. The molecule has 0 spiro atoms. The van der Waals surface area contributed by atoms with Crippen molar-refractivity contribution in [1.29, 1.82) is 0 Å². The predicted octanol–water partition coefficient (Wildman–Crippen LogP) is 4.32. The van der Waals surface area contributed by atoms with Crippen molar-refractivity contribution in [2.24, 2.45) is 0 Å². The van der Waals surface area contributed by atoms with Crippen LogP contribution in [-0.2, 0) is 10.0 Å². The number of aromatic amines is 1. The van der Waals surface area contributed by atoms with Crippen molar-refractivity contribution in [3.63, 3.8) is 0 Å². The summed E-state index contributed by atoms with van der Waals surface area (Å²) in [6, 6.07) is 20.2. The molecule has 3 N–H and O–H groups in total. The smallest absolute Gasteiger partial charge is 0.261 e. The molecular weight excluding hydrogens is 446 g/mol. The molecule has 0 bridgehead atoms. The number of anilines is 2. The second-order valence-electron chi connectivity index (χ2n) is 6.82. The van der Waals surface area contributed by atoms with Gasteiger partial charge in [-0.15, -0.1) is 0 Å². The molecule has 162 valence electrons. The van der Waals surface area contributed by atoms with Crippen LogP contribution in [0.2, 0.25) is 0 Å². The number of amides is 1. The number of hydrogen-bond donors (Lipinski definition) is 3. The molecule has 0 unspecified atom stereocenters. The summed E-state index contributed by atoms with van der Waals surface area (Å²) in [5, 5.41) is 10.0. The fourth-order valence-electron chi connectivity index (χ4n) is 2.84. The summed E-state index contributed by atoms with van der Waals surface area (Å²) < 4.78 is 27.9. The Bertz CT molecular complexity index is 1320. The lowest BCUT2D eigenvalue weighted by Gasteiger charge is -2.11. The van der Waals surface area contributed by atoms with Crippen molar-refractivity contribution in [1.82, 2.24) is 15.2 Å². The van der Waals surface area contributed by atoms with Crippen LogP contribution >= 0.6 is 11.8 Å². The summed E-state index contributed by atoms with van der Waals surface area (Å²) in [5.74, 6) is -0.337. The first-order valence-corrected chi connectivity index (χ1v) is 11.8. The van der Waals surface area contributed by atoms with Crippen LogP contribution in [0.15, 0.2) is 94.1 Å². The fourth-order valence-corrected chi connectivity index (χ4v) is 4.67. The predicted molar refractivity (Wildman–Crippen MR) is 123 cm³/mol. The van der Waals surface area contributed by atoms with E-state index < -0.39 is 10.0 Å². The number of H-pyrrole nitrogens is 1. The van der Waals surface area contributed by atoms with Crippen molar-refractivity contribution < 1.29 is 13.2 Å². The normalized spacial score (nSPS) is 11.2. The Kier molecular flexibility index (Phi) is 6.24. The summed E-state index contributed by atoms with van der Waals surface area (Å²) in [6.45, 7) is 1.82. The highest BCUT2D eigenvalue weighted by Crippen LogP contribution is 2.25. The second-order valence-corrected chi connectivity index (χ2v) is 9.56. The molecule has 0 saturated carbocycles. The highest BCUT2D eigenvalue weighted by Gasteiger charge is 2.16. The van der Waals surface area contributed by atoms with E-state index in [9.17, 15) is 13.2 Å². The molecule has 4 aromatic rings. The fraction of sp³-hybridized carbons (Fsp3) is 0.0455. The molecule has 3 aromatic carbocycles. The van der Waals surface area contributed by atoms with E-state index in [4.69, 9.17) is 0 Å². The number of sulfonamides is 1. The van der Waals surface area contributed by atoms with Gasteiger partial charge in [-0.25, -0.2) is 13.4 Å². The number of aromatic nitrogens is 3. The Balaban J connectivity index is 1.41. The van der Waals surface area contributed by atoms with Crippen LogP contribution < -0.4 is 10.0 Å². The van der Waals surface area contributed by atoms with Crippen LogP contribution in [0.4, 0.5) is 11.4 Å². The standard InChI is InChI=1S/C22H19N5O3S2/c1-15-4-2-3-5-20(15)27-32(29,30)19-12-6-16(7-13-19)21(28)25-17-8-10-18(11-9-17)31-22-23-14-24-26-22/h2-14,27H,1H3,(H,25,28)(H,23,24,26). The van der Waals surface area contributed by atoms with Crippen LogP contribution in [0, 0.1) is 6.92 Å². The van der Waals surface area contributed by atoms with Crippen LogP contribution in [-0.4, -0.2) is 29.5 Å². The molecule has 10 heteroatoms. The minimum Gasteiger partial charge on any atom is -0.322 e. The van der Waals surface area contributed by atoms with Crippen molar-refractivity contribution >= 4 is 39.1 Å². The minimum absolute atomic E-state index is 0.0751. The van der Waals surface area contributed by atoms with Crippen molar-refractivity contribution in [2.45, 2.75) is 21.9 Å². The van der Waals surface area contributed by atoms with E-state index in [1.807, 2.05) is 31.2 Å². The van der Waals surface area contributed by atoms with Crippen molar-refractivity contribution in [3.05, 3.63) is 90.3 Å². The molecule has 4 rings (SSSR count). The van der Waals surface area contributed by atoms with Gasteiger partial charge in [-0.1, -0.05) is 30.0 Å². The van der Waals surface area contributed by atoms with E-state index >= 15 is 0 Å². The van der Waals surface area contributed by atoms with Gasteiger partial charge in [0.2, 0.25) is 0 Å². The average Bonchev–Trinajstić information content (AvgIpc) is 3.30. The average molecular weight is 466 g/mol. The largest absolute Gasteiger partial charge is 0.322 e. The summed E-state index contributed by atoms with van der Waals surface area (Å²) in [5.41, 5.74) is 2.30. The molecule has 0 saturated heterocycles. The lowest BCUT2D eigenvalue weighted by molar-refractivity contribution is 0.102. The van der Waals surface area contributed by atoms with Gasteiger partial charge < -0.3 is 5.32 Å². The van der Waals surface area contributed by atoms with Gasteiger partial charge in [-0.2, -0.15) is 5.10 Å². The number of aryl methyl sites for hydroxylation is 1. The quantitative estimate of drug-likeness (QED) is 0.374. The third-order valence-electron chi connectivity index (χ3n) is 4.54. The third-order valence-corrected chi connectivity index (χ3v) is 6.82. The molecule has 0 aliphatic carbocycles. The molecule has 1 heterocycles. The monoisotopic (exact) mass is 465 g/mol. The second kappa shape index (κ2) is 9.25. The molecule has 8 nitrogen and oxygen atoms in total. The van der Waals surface area contributed by atoms with Crippen molar-refractivity contribution in [3.8, 4) is 0 Å². The van der Waals surface area contributed by atoms with E-state index in [1.54, 1.807) is 24.3 Å². The molecule has 32 heavy (non-hydrogen) atoms. The number of carbonyl (C=O) groups is 1.